The minimum absolute atomic E-state index is 0.299. The average Bonchev–Trinajstić information content (AvgIpc) is 3.11. The van der Waals surface area contributed by atoms with Crippen molar-refractivity contribution in [3.05, 3.63) is 154 Å². The van der Waals surface area contributed by atoms with Gasteiger partial charge in [0.2, 0.25) is 0 Å². The molecule has 0 aliphatic heterocycles. The van der Waals surface area contributed by atoms with Crippen molar-refractivity contribution in [3.63, 3.8) is 0 Å². The van der Waals surface area contributed by atoms with Gasteiger partial charge in [-0.15, -0.1) is 0 Å². The van der Waals surface area contributed by atoms with Gasteiger partial charge in [0, 0.05) is 11.8 Å². The van der Waals surface area contributed by atoms with Crippen LogP contribution in [-0.2, 0) is 25.7 Å². The molecule has 0 saturated heterocycles. The maximum atomic E-state index is 2.49. The third-order valence-corrected chi connectivity index (χ3v) is 7.38. The zero-order valence-electron chi connectivity index (χ0n) is 18.4. The molecule has 0 saturated carbocycles. The standard InChI is InChI=1S/C32H28/c1-5-13-27-23(9-1)17-18-24-10-2-6-14-28(24)31(27)21-22-32-29-15-7-3-11-25(29)19-20-26-12-4-8-16-30(26)32/h1-16,21-22,31-32H,17-20H2/b22-21+. The van der Waals surface area contributed by atoms with Crippen molar-refractivity contribution < 1.29 is 0 Å². The first-order valence-electron chi connectivity index (χ1n) is 11.9. The highest BCUT2D eigenvalue weighted by Crippen LogP contribution is 2.39. The van der Waals surface area contributed by atoms with Crippen LogP contribution >= 0.6 is 0 Å². The second kappa shape index (κ2) is 8.28. The molecule has 0 fully saturated rings. The average molecular weight is 413 g/mol. The first kappa shape index (κ1) is 19.3. The number of hydrogen-bond acceptors (Lipinski definition) is 0. The summed E-state index contributed by atoms with van der Waals surface area (Å²) in [5, 5.41) is 0. The molecule has 0 N–H and O–H groups in total. The van der Waals surface area contributed by atoms with Crippen LogP contribution in [0.3, 0.4) is 0 Å². The lowest BCUT2D eigenvalue weighted by Gasteiger charge is -2.20. The minimum atomic E-state index is 0.299. The Morgan fingerprint density at radius 3 is 0.906 bits per heavy atom. The Kier molecular flexibility index (Phi) is 5.00. The molecule has 0 amide bonds. The lowest BCUT2D eigenvalue weighted by molar-refractivity contribution is 0.960. The van der Waals surface area contributed by atoms with Crippen LogP contribution < -0.4 is 0 Å². The van der Waals surface area contributed by atoms with Crippen molar-refractivity contribution >= 4 is 0 Å². The van der Waals surface area contributed by atoms with Gasteiger partial charge in [-0.25, -0.2) is 0 Å². The van der Waals surface area contributed by atoms with E-state index in [9.17, 15) is 0 Å². The Bertz CT molecular complexity index is 1100. The summed E-state index contributed by atoms with van der Waals surface area (Å²) >= 11 is 0. The Morgan fingerprint density at radius 2 is 0.625 bits per heavy atom. The van der Waals surface area contributed by atoms with Gasteiger partial charge in [-0.2, -0.15) is 0 Å². The van der Waals surface area contributed by atoms with E-state index < -0.39 is 0 Å². The summed E-state index contributed by atoms with van der Waals surface area (Å²) in [6, 6.07) is 36.2. The largest absolute Gasteiger partial charge is 0.0757 e. The van der Waals surface area contributed by atoms with Crippen molar-refractivity contribution in [2.45, 2.75) is 37.5 Å². The maximum Gasteiger partial charge on any atom is 0.0275 e. The molecule has 0 unspecified atom stereocenters. The number of hydrogen-bond donors (Lipinski definition) is 0. The van der Waals surface area contributed by atoms with E-state index in [2.05, 4.69) is 109 Å². The van der Waals surface area contributed by atoms with E-state index in [1.165, 1.54) is 44.5 Å². The molecule has 2 aliphatic carbocycles. The Labute approximate surface area is 191 Å². The molecule has 0 nitrogen and oxygen atoms in total. The smallest absolute Gasteiger partial charge is 0.0275 e. The van der Waals surface area contributed by atoms with Gasteiger partial charge in [-0.05, 0) is 70.2 Å². The molecule has 0 atom stereocenters. The molecule has 4 aromatic carbocycles. The quantitative estimate of drug-likeness (QED) is 0.301. The molecule has 156 valence electrons. The Balaban J connectivity index is 1.50. The molecule has 0 heterocycles. The van der Waals surface area contributed by atoms with Crippen LogP contribution in [0.4, 0.5) is 0 Å². The zero-order valence-corrected chi connectivity index (χ0v) is 18.4. The number of rotatable bonds is 2. The van der Waals surface area contributed by atoms with Crippen LogP contribution in [0.1, 0.15) is 56.3 Å². The number of aryl methyl sites for hydroxylation is 4. The molecule has 0 aromatic heterocycles. The van der Waals surface area contributed by atoms with E-state index in [0.29, 0.717) is 11.8 Å². The summed E-state index contributed by atoms with van der Waals surface area (Å²) in [4.78, 5) is 0. The second-order valence-electron chi connectivity index (χ2n) is 9.14. The summed E-state index contributed by atoms with van der Waals surface area (Å²) in [6.45, 7) is 0. The number of fused-ring (bicyclic) bond motifs is 4. The predicted octanol–water partition coefficient (Wildman–Crippen LogP) is 7.40. The fourth-order valence-electron chi connectivity index (χ4n) is 5.77. The summed E-state index contributed by atoms with van der Waals surface area (Å²) in [5.41, 5.74) is 11.8. The fraction of sp³-hybridized carbons (Fsp3) is 0.188. The van der Waals surface area contributed by atoms with Crippen molar-refractivity contribution in [1.29, 1.82) is 0 Å². The molecular weight excluding hydrogens is 384 g/mol. The van der Waals surface area contributed by atoms with Crippen LogP contribution in [0, 0.1) is 0 Å². The summed E-state index contributed by atoms with van der Waals surface area (Å²) in [5.74, 6) is 0.597. The van der Waals surface area contributed by atoms with Crippen LogP contribution in [-0.4, -0.2) is 0 Å². The maximum absolute atomic E-state index is 2.49. The van der Waals surface area contributed by atoms with Crippen molar-refractivity contribution in [1.82, 2.24) is 0 Å². The first-order chi connectivity index (χ1) is 15.9. The van der Waals surface area contributed by atoms with Crippen molar-refractivity contribution in [3.8, 4) is 0 Å². The van der Waals surface area contributed by atoms with E-state index in [1.54, 1.807) is 0 Å². The molecule has 32 heavy (non-hydrogen) atoms. The molecule has 0 spiro atoms. The molecular formula is C32H28. The number of benzene rings is 4. The Hall–Kier alpha value is -3.38. The topological polar surface area (TPSA) is 0 Å². The summed E-state index contributed by atoms with van der Waals surface area (Å²) in [6.07, 6.45) is 9.46. The monoisotopic (exact) mass is 412 g/mol. The van der Waals surface area contributed by atoms with Gasteiger partial charge in [0.15, 0.2) is 0 Å². The SMILES string of the molecule is C(=C\C1c2ccccc2CCc2ccccc21)/C1c2ccccc2CCc2ccccc21. The van der Waals surface area contributed by atoms with E-state index in [4.69, 9.17) is 0 Å². The summed E-state index contributed by atoms with van der Waals surface area (Å²) < 4.78 is 0. The van der Waals surface area contributed by atoms with Gasteiger partial charge in [0.05, 0.1) is 0 Å². The van der Waals surface area contributed by atoms with Gasteiger partial charge < -0.3 is 0 Å². The lowest BCUT2D eigenvalue weighted by atomic mass is 9.83. The third kappa shape index (κ3) is 3.41. The Morgan fingerprint density at radius 1 is 0.375 bits per heavy atom. The molecule has 0 radical (unpaired) electrons. The third-order valence-electron chi connectivity index (χ3n) is 7.38. The molecule has 0 bridgehead atoms. The highest BCUT2D eigenvalue weighted by atomic mass is 14.3. The van der Waals surface area contributed by atoms with Crippen LogP contribution in [0.5, 0.6) is 0 Å². The van der Waals surface area contributed by atoms with E-state index in [0.717, 1.165) is 25.7 Å². The van der Waals surface area contributed by atoms with Gasteiger partial charge >= 0.3 is 0 Å². The summed E-state index contributed by atoms with van der Waals surface area (Å²) in [7, 11) is 0. The van der Waals surface area contributed by atoms with E-state index in [1.807, 2.05) is 0 Å². The highest BCUT2D eigenvalue weighted by molar-refractivity contribution is 5.51. The second-order valence-corrected chi connectivity index (χ2v) is 9.14. The molecule has 2 aliphatic rings. The lowest BCUT2D eigenvalue weighted by Crippen LogP contribution is -2.04. The highest BCUT2D eigenvalue weighted by Gasteiger charge is 2.24. The zero-order chi connectivity index (χ0) is 21.3. The molecule has 6 rings (SSSR count). The van der Waals surface area contributed by atoms with Gasteiger partial charge in [0.1, 0.15) is 0 Å². The predicted molar refractivity (Wildman–Crippen MR) is 133 cm³/mol. The molecule has 4 aromatic rings. The minimum Gasteiger partial charge on any atom is -0.0757 e. The van der Waals surface area contributed by atoms with Crippen LogP contribution in [0.2, 0.25) is 0 Å². The van der Waals surface area contributed by atoms with E-state index >= 15 is 0 Å². The molecule has 0 heteroatoms. The van der Waals surface area contributed by atoms with Crippen molar-refractivity contribution in [2.24, 2.45) is 0 Å². The van der Waals surface area contributed by atoms with Gasteiger partial charge in [0.25, 0.3) is 0 Å². The first-order valence-corrected chi connectivity index (χ1v) is 11.9. The normalized spacial score (nSPS) is 15.9. The number of allylic oxidation sites excluding steroid dienone is 2. The van der Waals surface area contributed by atoms with Crippen molar-refractivity contribution in [2.75, 3.05) is 0 Å². The van der Waals surface area contributed by atoms with Crippen LogP contribution in [0.25, 0.3) is 0 Å². The fourth-order valence-corrected chi connectivity index (χ4v) is 5.77. The van der Waals surface area contributed by atoms with E-state index in [-0.39, 0.29) is 0 Å². The van der Waals surface area contributed by atoms with Gasteiger partial charge in [-0.3, -0.25) is 0 Å². The van der Waals surface area contributed by atoms with Crippen LogP contribution in [0.15, 0.2) is 109 Å². The van der Waals surface area contributed by atoms with Gasteiger partial charge in [-0.1, -0.05) is 109 Å².